The molecular formula is C13H12N4O3. The zero-order chi connectivity index (χ0) is 14.7. The van der Waals surface area contributed by atoms with Crippen LogP contribution in [-0.2, 0) is 14.4 Å². The van der Waals surface area contributed by atoms with E-state index in [0.717, 1.165) is 5.01 Å². The minimum atomic E-state index is -1.00. The van der Waals surface area contributed by atoms with Crippen molar-refractivity contribution in [1.29, 1.82) is 5.26 Å². The van der Waals surface area contributed by atoms with Crippen LogP contribution in [0.25, 0.3) is 0 Å². The highest BCUT2D eigenvalue weighted by molar-refractivity contribution is 6.08. The molecule has 0 bridgehead atoms. The van der Waals surface area contributed by atoms with Gasteiger partial charge < -0.3 is 5.32 Å². The molecule has 0 saturated carbocycles. The standard InChI is InChI=1S/C13H12N4O3/c1-17-13(20)10(12(19)16-17)6-11(18)15-9-4-2-3-8(5-9)7-14/h2-5,10H,6H2,1H3,(H,15,18)(H,16,19). The number of hydrogen-bond acceptors (Lipinski definition) is 4. The SMILES string of the molecule is CN1NC(=O)C(CC(=O)Nc2cccc(C#N)c2)C1=O. The summed E-state index contributed by atoms with van der Waals surface area (Å²) in [7, 11) is 1.43. The molecule has 0 spiro atoms. The van der Waals surface area contributed by atoms with Gasteiger partial charge in [-0.25, -0.2) is 0 Å². The van der Waals surface area contributed by atoms with Gasteiger partial charge in [0.25, 0.3) is 11.8 Å². The van der Waals surface area contributed by atoms with E-state index < -0.39 is 23.6 Å². The Labute approximate surface area is 115 Å². The van der Waals surface area contributed by atoms with Gasteiger partial charge in [-0.1, -0.05) is 6.07 Å². The lowest BCUT2D eigenvalue weighted by Crippen LogP contribution is -2.31. The predicted molar refractivity (Wildman–Crippen MR) is 68.8 cm³/mol. The Balaban J connectivity index is 2.01. The van der Waals surface area contributed by atoms with Crippen LogP contribution in [0.3, 0.4) is 0 Å². The largest absolute Gasteiger partial charge is 0.326 e. The Bertz CT molecular complexity index is 620. The van der Waals surface area contributed by atoms with E-state index in [1.807, 2.05) is 6.07 Å². The van der Waals surface area contributed by atoms with Gasteiger partial charge in [-0.3, -0.25) is 24.8 Å². The fourth-order valence-electron chi connectivity index (χ4n) is 1.89. The summed E-state index contributed by atoms with van der Waals surface area (Å²) in [6, 6.07) is 8.34. The van der Waals surface area contributed by atoms with Crippen LogP contribution < -0.4 is 10.7 Å². The first kappa shape index (κ1) is 13.5. The minimum Gasteiger partial charge on any atom is -0.326 e. The highest BCUT2D eigenvalue weighted by atomic mass is 16.2. The average Bonchev–Trinajstić information content (AvgIpc) is 2.65. The molecule has 0 aliphatic carbocycles. The van der Waals surface area contributed by atoms with Gasteiger partial charge in [-0.2, -0.15) is 5.26 Å². The number of nitrogens with zero attached hydrogens (tertiary/aromatic N) is 2. The molecule has 1 saturated heterocycles. The number of amides is 3. The second-order valence-electron chi connectivity index (χ2n) is 4.37. The smallest absolute Gasteiger partial charge is 0.253 e. The van der Waals surface area contributed by atoms with E-state index >= 15 is 0 Å². The number of nitriles is 1. The van der Waals surface area contributed by atoms with Crippen LogP contribution in [0, 0.1) is 17.2 Å². The Morgan fingerprint density at radius 3 is 2.85 bits per heavy atom. The number of carbonyl (C=O) groups excluding carboxylic acids is 3. The minimum absolute atomic E-state index is 0.230. The Morgan fingerprint density at radius 1 is 1.50 bits per heavy atom. The van der Waals surface area contributed by atoms with Crippen molar-refractivity contribution in [1.82, 2.24) is 10.4 Å². The van der Waals surface area contributed by atoms with Crippen molar-refractivity contribution in [2.45, 2.75) is 6.42 Å². The first-order valence-electron chi connectivity index (χ1n) is 5.89. The molecule has 0 aromatic heterocycles. The third-order valence-corrected chi connectivity index (χ3v) is 2.89. The molecule has 0 radical (unpaired) electrons. The number of benzene rings is 1. The number of nitrogens with one attached hydrogen (secondary N) is 2. The Kier molecular flexibility index (Phi) is 3.66. The fourth-order valence-corrected chi connectivity index (χ4v) is 1.89. The van der Waals surface area contributed by atoms with Crippen LogP contribution in [0.4, 0.5) is 5.69 Å². The number of anilines is 1. The van der Waals surface area contributed by atoms with Crippen molar-refractivity contribution in [3.05, 3.63) is 29.8 Å². The van der Waals surface area contributed by atoms with E-state index in [1.54, 1.807) is 18.2 Å². The normalized spacial score (nSPS) is 17.6. The zero-order valence-electron chi connectivity index (χ0n) is 10.7. The van der Waals surface area contributed by atoms with Gasteiger partial charge >= 0.3 is 0 Å². The van der Waals surface area contributed by atoms with E-state index in [-0.39, 0.29) is 6.42 Å². The maximum absolute atomic E-state index is 11.8. The number of rotatable bonds is 3. The Morgan fingerprint density at radius 2 is 2.25 bits per heavy atom. The third-order valence-electron chi connectivity index (χ3n) is 2.89. The summed E-state index contributed by atoms with van der Waals surface area (Å²) in [4.78, 5) is 34.9. The summed E-state index contributed by atoms with van der Waals surface area (Å²) in [5.41, 5.74) is 3.19. The molecule has 7 nitrogen and oxygen atoms in total. The molecule has 2 N–H and O–H groups in total. The van der Waals surface area contributed by atoms with Crippen molar-refractivity contribution < 1.29 is 14.4 Å². The van der Waals surface area contributed by atoms with Gasteiger partial charge in [0, 0.05) is 19.2 Å². The molecular weight excluding hydrogens is 260 g/mol. The molecule has 7 heteroatoms. The van der Waals surface area contributed by atoms with E-state index in [1.165, 1.54) is 13.1 Å². The van der Waals surface area contributed by atoms with Crippen LogP contribution in [0.15, 0.2) is 24.3 Å². The van der Waals surface area contributed by atoms with Crippen LogP contribution in [-0.4, -0.2) is 29.8 Å². The van der Waals surface area contributed by atoms with Crippen molar-refractivity contribution in [2.75, 3.05) is 12.4 Å². The van der Waals surface area contributed by atoms with Crippen molar-refractivity contribution in [2.24, 2.45) is 5.92 Å². The summed E-state index contributed by atoms with van der Waals surface area (Å²) in [6.07, 6.45) is -0.230. The second-order valence-corrected chi connectivity index (χ2v) is 4.37. The van der Waals surface area contributed by atoms with Crippen LogP contribution >= 0.6 is 0 Å². The molecule has 1 aliphatic rings. The first-order valence-corrected chi connectivity index (χ1v) is 5.89. The molecule has 1 aliphatic heterocycles. The number of hydrazine groups is 1. The zero-order valence-corrected chi connectivity index (χ0v) is 10.7. The molecule has 2 rings (SSSR count). The summed E-state index contributed by atoms with van der Waals surface area (Å²) in [5.74, 6) is -2.38. The number of hydrogen-bond donors (Lipinski definition) is 2. The lowest BCUT2D eigenvalue weighted by molar-refractivity contribution is -0.134. The molecule has 1 atom stereocenters. The van der Waals surface area contributed by atoms with Crippen molar-refractivity contribution >= 4 is 23.4 Å². The van der Waals surface area contributed by atoms with E-state index in [2.05, 4.69) is 10.7 Å². The number of carbonyl (C=O) groups is 3. The van der Waals surface area contributed by atoms with E-state index in [9.17, 15) is 14.4 Å². The highest BCUT2D eigenvalue weighted by Gasteiger charge is 2.38. The summed E-state index contributed by atoms with van der Waals surface area (Å²) in [5, 5.41) is 12.4. The molecule has 1 aromatic carbocycles. The average molecular weight is 272 g/mol. The van der Waals surface area contributed by atoms with Gasteiger partial charge in [0.2, 0.25) is 5.91 Å². The molecule has 1 fully saturated rings. The quantitative estimate of drug-likeness (QED) is 0.756. The van der Waals surface area contributed by atoms with E-state index in [4.69, 9.17) is 5.26 Å². The van der Waals surface area contributed by atoms with Crippen LogP contribution in [0.1, 0.15) is 12.0 Å². The van der Waals surface area contributed by atoms with Crippen LogP contribution in [0.5, 0.6) is 0 Å². The molecule has 1 unspecified atom stereocenters. The lowest BCUT2D eigenvalue weighted by atomic mass is 10.0. The maximum Gasteiger partial charge on any atom is 0.253 e. The van der Waals surface area contributed by atoms with Gasteiger partial charge in [0.1, 0.15) is 5.92 Å². The first-order chi connectivity index (χ1) is 9.51. The highest BCUT2D eigenvalue weighted by Crippen LogP contribution is 2.15. The van der Waals surface area contributed by atoms with Gasteiger partial charge in [0.15, 0.2) is 0 Å². The van der Waals surface area contributed by atoms with Crippen molar-refractivity contribution in [3.8, 4) is 6.07 Å². The lowest BCUT2D eigenvalue weighted by Gasteiger charge is -2.08. The monoisotopic (exact) mass is 272 g/mol. The van der Waals surface area contributed by atoms with Gasteiger partial charge in [-0.05, 0) is 18.2 Å². The molecule has 3 amide bonds. The maximum atomic E-state index is 11.8. The molecule has 1 aromatic rings. The molecule has 20 heavy (non-hydrogen) atoms. The molecule has 102 valence electrons. The summed E-state index contributed by atoms with van der Waals surface area (Å²) < 4.78 is 0. The van der Waals surface area contributed by atoms with Crippen molar-refractivity contribution in [3.63, 3.8) is 0 Å². The summed E-state index contributed by atoms with van der Waals surface area (Å²) >= 11 is 0. The van der Waals surface area contributed by atoms with Gasteiger partial charge in [-0.15, -0.1) is 0 Å². The van der Waals surface area contributed by atoms with E-state index in [0.29, 0.717) is 11.3 Å². The second kappa shape index (κ2) is 5.40. The third kappa shape index (κ3) is 2.75. The molecule has 1 heterocycles. The van der Waals surface area contributed by atoms with Gasteiger partial charge in [0.05, 0.1) is 11.6 Å². The topological polar surface area (TPSA) is 102 Å². The van der Waals surface area contributed by atoms with Crippen LogP contribution in [0.2, 0.25) is 0 Å². The predicted octanol–water partition coefficient (Wildman–Crippen LogP) is 0.00628. The fraction of sp³-hybridized carbons (Fsp3) is 0.231. The summed E-state index contributed by atoms with van der Waals surface area (Å²) in [6.45, 7) is 0. The Hall–Kier alpha value is -2.88.